The summed E-state index contributed by atoms with van der Waals surface area (Å²) in [5.74, 6) is -1.21. The molecule has 2 aliphatic heterocycles. The predicted octanol–water partition coefficient (Wildman–Crippen LogP) is 7.92. The minimum absolute atomic E-state index is 0.0477. The lowest BCUT2D eigenvalue weighted by atomic mass is 9.77. The van der Waals surface area contributed by atoms with Crippen molar-refractivity contribution in [1.82, 2.24) is 15.2 Å². The van der Waals surface area contributed by atoms with Crippen LogP contribution in [0.3, 0.4) is 0 Å². The molecule has 4 aromatic rings. The van der Waals surface area contributed by atoms with Crippen LogP contribution in [0.4, 0.5) is 5.13 Å². The van der Waals surface area contributed by atoms with Crippen LogP contribution in [0.15, 0.2) is 112 Å². The summed E-state index contributed by atoms with van der Waals surface area (Å²) in [6, 6.07) is 29.0. The van der Waals surface area contributed by atoms with Crippen molar-refractivity contribution < 1.29 is 28.4 Å². The summed E-state index contributed by atoms with van der Waals surface area (Å²) in [5, 5.41) is 12.9. The third-order valence-corrected chi connectivity index (χ3v) is 16.9. The topological polar surface area (TPSA) is 131 Å². The Morgan fingerprint density at radius 2 is 1.44 bits per heavy atom. The predicted molar refractivity (Wildman–Crippen MR) is 230 cm³/mol. The van der Waals surface area contributed by atoms with E-state index in [0.717, 1.165) is 16.7 Å². The first-order valence-electron chi connectivity index (χ1n) is 18.9. The molecule has 2 amide bonds. The number of hydrogen-bond acceptors (Lipinski definition) is 11. The smallest absolute Gasteiger partial charge is 0.356 e. The molecule has 3 heterocycles. The molecule has 2 N–H and O–H groups in total. The summed E-state index contributed by atoms with van der Waals surface area (Å²) in [6.07, 6.45) is 0. The molecule has 0 saturated carbocycles. The molecule has 2 atom stereocenters. The maximum absolute atomic E-state index is 14.0. The summed E-state index contributed by atoms with van der Waals surface area (Å²) >= 11 is 2.77. The van der Waals surface area contributed by atoms with Gasteiger partial charge >= 0.3 is 5.97 Å². The van der Waals surface area contributed by atoms with Crippen LogP contribution in [0, 0.1) is 0 Å². The minimum Gasteiger partial charge on any atom is -0.455 e. The van der Waals surface area contributed by atoms with Crippen LogP contribution >= 0.6 is 23.1 Å². The van der Waals surface area contributed by atoms with Crippen LogP contribution < -0.4 is 10.6 Å². The molecule has 0 aliphatic carbocycles. The van der Waals surface area contributed by atoms with Gasteiger partial charge in [0.05, 0.1) is 12.6 Å². The quantitative estimate of drug-likeness (QED) is 0.0345. The molecule has 3 aromatic carbocycles. The average molecular weight is 826 g/mol. The second-order valence-corrected chi connectivity index (χ2v) is 23.3. The molecule has 2 unspecified atom stereocenters. The molecule has 2 aliphatic rings. The molecule has 1 saturated heterocycles. The van der Waals surface area contributed by atoms with Crippen molar-refractivity contribution in [1.29, 1.82) is 0 Å². The SMILES string of the molecule is CON=C(C(=O)NC1C(=O)N2C(C(=O)OC(C)(C)C)=C(CO[Si](C)(C)C(C)(C)C)SCC12)c1csc(NC(c2ccccc2)(c2ccccc2)c2ccccc2)n1. The Morgan fingerprint density at radius 3 is 1.93 bits per heavy atom. The van der Waals surface area contributed by atoms with Gasteiger partial charge in [-0.2, -0.15) is 0 Å². The summed E-state index contributed by atoms with van der Waals surface area (Å²) in [4.78, 5) is 53.7. The van der Waals surface area contributed by atoms with Gasteiger partial charge in [0.15, 0.2) is 19.2 Å². The molecule has 1 aromatic heterocycles. The Morgan fingerprint density at radius 1 is 0.895 bits per heavy atom. The van der Waals surface area contributed by atoms with E-state index >= 15 is 0 Å². The Labute approximate surface area is 344 Å². The summed E-state index contributed by atoms with van der Waals surface area (Å²) in [5.41, 5.74) is 1.71. The van der Waals surface area contributed by atoms with Crippen molar-refractivity contribution in [2.75, 3.05) is 24.8 Å². The van der Waals surface area contributed by atoms with E-state index < -0.39 is 49.3 Å². The molecule has 0 radical (unpaired) electrons. The number of esters is 1. The van der Waals surface area contributed by atoms with E-state index in [2.05, 4.69) is 86.1 Å². The van der Waals surface area contributed by atoms with Gasteiger partial charge in [-0.3, -0.25) is 14.5 Å². The lowest BCUT2D eigenvalue weighted by molar-refractivity contribution is -0.160. The molecule has 6 rings (SSSR count). The molecule has 57 heavy (non-hydrogen) atoms. The Bertz CT molecular complexity index is 2050. The number of benzene rings is 3. The van der Waals surface area contributed by atoms with Crippen LogP contribution in [-0.4, -0.2) is 78.9 Å². The van der Waals surface area contributed by atoms with Crippen molar-refractivity contribution in [3.8, 4) is 0 Å². The summed E-state index contributed by atoms with van der Waals surface area (Å²) < 4.78 is 12.3. The van der Waals surface area contributed by atoms with Crippen LogP contribution in [0.25, 0.3) is 0 Å². The fourth-order valence-electron chi connectivity index (χ4n) is 6.54. The number of anilines is 1. The number of thiazole rings is 1. The number of nitrogens with one attached hydrogen (secondary N) is 2. The van der Waals surface area contributed by atoms with Gasteiger partial charge < -0.3 is 24.6 Å². The van der Waals surface area contributed by atoms with Crippen molar-refractivity contribution >= 4 is 60.0 Å². The fourth-order valence-corrected chi connectivity index (χ4v) is 9.50. The highest BCUT2D eigenvalue weighted by molar-refractivity contribution is 8.03. The zero-order valence-electron chi connectivity index (χ0n) is 33.9. The van der Waals surface area contributed by atoms with Gasteiger partial charge in [-0.15, -0.1) is 23.1 Å². The normalized spacial score (nSPS) is 17.7. The zero-order valence-corrected chi connectivity index (χ0v) is 36.5. The number of nitrogens with zero attached hydrogens (tertiary/aromatic N) is 3. The second kappa shape index (κ2) is 16.6. The highest BCUT2D eigenvalue weighted by Crippen LogP contribution is 2.43. The molecule has 11 nitrogen and oxygen atoms in total. The van der Waals surface area contributed by atoms with E-state index in [1.807, 2.05) is 54.6 Å². The van der Waals surface area contributed by atoms with Gasteiger partial charge in [-0.1, -0.05) is 117 Å². The molecule has 14 heteroatoms. The zero-order chi connectivity index (χ0) is 41.2. The highest BCUT2D eigenvalue weighted by Gasteiger charge is 2.55. The number of fused-ring (bicyclic) bond motifs is 1. The number of hydrogen-bond donors (Lipinski definition) is 2. The van der Waals surface area contributed by atoms with Crippen LogP contribution in [0.5, 0.6) is 0 Å². The highest BCUT2D eigenvalue weighted by atomic mass is 32.2. The third kappa shape index (κ3) is 8.74. The van der Waals surface area contributed by atoms with Crippen molar-refractivity contribution in [3.05, 3.63) is 129 Å². The van der Waals surface area contributed by atoms with E-state index in [1.54, 1.807) is 26.2 Å². The fraction of sp³-hybridized carbons (Fsp3) is 0.372. The molecular weight excluding hydrogens is 775 g/mol. The largest absolute Gasteiger partial charge is 0.455 e. The molecule has 1 fully saturated rings. The van der Waals surface area contributed by atoms with Gasteiger partial charge in [-0.25, -0.2) is 9.78 Å². The first kappa shape index (κ1) is 41.9. The average Bonchev–Trinajstić information content (AvgIpc) is 3.64. The van der Waals surface area contributed by atoms with Gasteiger partial charge in [-0.05, 0) is 55.6 Å². The number of carbonyl (C=O) groups excluding carboxylic acids is 3. The van der Waals surface area contributed by atoms with E-state index in [4.69, 9.17) is 19.0 Å². The van der Waals surface area contributed by atoms with Crippen LogP contribution in [-0.2, 0) is 33.9 Å². The van der Waals surface area contributed by atoms with Crippen molar-refractivity contribution in [2.24, 2.45) is 5.16 Å². The van der Waals surface area contributed by atoms with Gasteiger partial charge in [0.2, 0.25) is 0 Å². The van der Waals surface area contributed by atoms with E-state index in [-0.39, 0.29) is 28.7 Å². The Balaban J connectivity index is 1.26. The third-order valence-electron chi connectivity index (χ3n) is 10.5. The number of thioether (sulfide) groups is 1. The number of oxime groups is 1. The van der Waals surface area contributed by atoms with Crippen molar-refractivity contribution in [2.45, 2.75) is 82.9 Å². The number of aromatic nitrogens is 1. The Kier molecular flexibility index (Phi) is 12.2. The number of carbonyl (C=O) groups is 3. The lowest BCUT2D eigenvalue weighted by Gasteiger charge is -2.50. The van der Waals surface area contributed by atoms with Crippen LogP contribution in [0.2, 0.25) is 18.1 Å². The molecule has 300 valence electrons. The lowest BCUT2D eigenvalue weighted by Crippen LogP contribution is -2.73. The standard InChI is InChI=1S/C43H51N5O6S2Si/c1-41(2,3)54-39(51)36-33(25-53-57(8,9)42(4,5)6)55-27-32-35(38(50)48(32)36)45-37(49)34(47-52-7)31-26-56-40(44-31)46-43(28-19-13-10-14-20-28,29-21-15-11-16-22-29)30-23-17-12-18-24-30/h10-24,26,32,35H,25,27H2,1-9H3,(H,44,46)(H,45,49). The van der Waals surface area contributed by atoms with E-state index in [9.17, 15) is 14.4 Å². The second-order valence-electron chi connectivity index (χ2n) is 16.5. The maximum atomic E-state index is 14.0. The number of amides is 2. The van der Waals surface area contributed by atoms with Crippen molar-refractivity contribution in [3.63, 3.8) is 0 Å². The number of ether oxygens (including phenoxy) is 1. The van der Waals surface area contributed by atoms with Gasteiger partial charge in [0.25, 0.3) is 11.8 Å². The molecule has 0 bridgehead atoms. The number of rotatable bonds is 13. The monoisotopic (exact) mass is 825 g/mol. The Hall–Kier alpha value is -4.76. The molecule has 0 spiro atoms. The first-order chi connectivity index (χ1) is 27.0. The number of β-lactam (4-membered cyclic amide) rings is 1. The van der Waals surface area contributed by atoms with Gasteiger partial charge in [0.1, 0.15) is 35.7 Å². The maximum Gasteiger partial charge on any atom is 0.356 e. The first-order valence-corrected chi connectivity index (χ1v) is 23.6. The summed E-state index contributed by atoms with van der Waals surface area (Å²) in [6.45, 7) is 16.3. The van der Waals surface area contributed by atoms with E-state index in [1.165, 1.54) is 35.1 Å². The molecular formula is C43H51N5O6S2Si. The minimum atomic E-state index is -2.18. The summed E-state index contributed by atoms with van der Waals surface area (Å²) in [7, 11) is -0.834. The van der Waals surface area contributed by atoms with Crippen LogP contribution in [0.1, 0.15) is 63.9 Å². The van der Waals surface area contributed by atoms with Gasteiger partial charge in [0, 0.05) is 16.0 Å². The van der Waals surface area contributed by atoms with E-state index in [0.29, 0.717) is 15.8 Å².